The monoisotopic (exact) mass is 228 g/mol. The summed E-state index contributed by atoms with van der Waals surface area (Å²) in [6.07, 6.45) is 0.634. The molecule has 0 amide bonds. The van der Waals surface area contributed by atoms with Crippen molar-refractivity contribution >= 4 is 23.1 Å². The van der Waals surface area contributed by atoms with Crippen LogP contribution in [0.1, 0.15) is 32.1 Å². The number of carbonyl (C=O) groups is 2. The minimum absolute atomic E-state index is 0.126. The Labute approximate surface area is 91.1 Å². The number of aromatic carboxylic acids is 1. The number of rotatable bonds is 5. The third kappa shape index (κ3) is 2.84. The van der Waals surface area contributed by atoms with Crippen molar-refractivity contribution in [2.75, 3.05) is 13.6 Å². The van der Waals surface area contributed by atoms with Gasteiger partial charge in [0.2, 0.25) is 0 Å². The highest BCUT2D eigenvalue weighted by Gasteiger charge is 2.19. The van der Waals surface area contributed by atoms with Crippen LogP contribution in [0, 0.1) is 0 Å². The van der Waals surface area contributed by atoms with E-state index in [1.54, 1.807) is 7.05 Å². The van der Waals surface area contributed by atoms with E-state index in [0.29, 0.717) is 18.0 Å². The van der Waals surface area contributed by atoms with Gasteiger partial charge in [0.15, 0.2) is 11.5 Å². The zero-order chi connectivity index (χ0) is 11.4. The van der Waals surface area contributed by atoms with E-state index in [9.17, 15) is 9.59 Å². The Morgan fingerprint density at radius 2 is 2.20 bits per heavy atom. The summed E-state index contributed by atoms with van der Waals surface area (Å²) in [4.78, 5) is 26.1. The van der Waals surface area contributed by atoms with Crippen LogP contribution in [0.25, 0.3) is 0 Å². The molecule has 0 aliphatic rings. The third-order valence-electron chi connectivity index (χ3n) is 1.78. The standard InChI is InChI=1S/C9H12N2O3S/c1-5(12)8-7(9(13)14)11-6(15-8)3-4-10-2/h10H,3-4H2,1-2H3,(H,13,14). The number of Topliss-reactive ketones (excluding diaryl/α,β-unsaturated/α-hetero) is 1. The van der Waals surface area contributed by atoms with Crippen molar-refractivity contribution in [1.82, 2.24) is 10.3 Å². The summed E-state index contributed by atoms with van der Waals surface area (Å²) in [5.41, 5.74) is -0.126. The van der Waals surface area contributed by atoms with E-state index >= 15 is 0 Å². The van der Waals surface area contributed by atoms with Crippen molar-refractivity contribution in [2.24, 2.45) is 0 Å². The topological polar surface area (TPSA) is 79.3 Å². The van der Waals surface area contributed by atoms with E-state index in [4.69, 9.17) is 5.11 Å². The first kappa shape index (κ1) is 11.8. The molecule has 1 rings (SSSR count). The highest BCUT2D eigenvalue weighted by atomic mass is 32.1. The minimum Gasteiger partial charge on any atom is -0.476 e. The van der Waals surface area contributed by atoms with Crippen molar-refractivity contribution in [2.45, 2.75) is 13.3 Å². The number of carboxylic acids is 1. The number of carbonyl (C=O) groups excluding carboxylic acids is 1. The molecule has 1 aromatic heterocycles. The second-order valence-electron chi connectivity index (χ2n) is 3.00. The molecule has 0 saturated carbocycles. The maximum atomic E-state index is 11.1. The summed E-state index contributed by atoms with van der Waals surface area (Å²) in [7, 11) is 1.80. The van der Waals surface area contributed by atoms with E-state index in [1.807, 2.05) is 0 Å². The van der Waals surface area contributed by atoms with Crippen LogP contribution >= 0.6 is 11.3 Å². The number of carboxylic acid groups (broad SMARTS) is 1. The molecule has 0 aliphatic carbocycles. The first-order valence-corrected chi connectivity index (χ1v) is 5.26. The summed E-state index contributed by atoms with van der Waals surface area (Å²) in [5.74, 6) is -1.40. The lowest BCUT2D eigenvalue weighted by atomic mass is 10.3. The number of ketones is 1. The number of aromatic nitrogens is 1. The number of hydrogen-bond donors (Lipinski definition) is 2. The molecule has 15 heavy (non-hydrogen) atoms. The fourth-order valence-corrected chi connectivity index (χ4v) is 2.04. The van der Waals surface area contributed by atoms with Gasteiger partial charge in [-0.1, -0.05) is 0 Å². The second kappa shape index (κ2) is 4.99. The van der Waals surface area contributed by atoms with Gasteiger partial charge in [0.1, 0.15) is 4.88 Å². The summed E-state index contributed by atoms with van der Waals surface area (Å²) in [6, 6.07) is 0. The van der Waals surface area contributed by atoms with Crippen LogP contribution in [-0.2, 0) is 6.42 Å². The van der Waals surface area contributed by atoms with E-state index in [2.05, 4.69) is 10.3 Å². The summed E-state index contributed by atoms with van der Waals surface area (Å²) in [6.45, 7) is 2.06. The average Bonchev–Trinajstić information content (AvgIpc) is 2.58. The molecule has 0 aliphatic heterocycles. The molecule has 1 heterocycles. The van der Waals surface area contributed by atoms with Crippen LogP contribution < -0.4 is 5.32 Å². The second-order valence-corrected chi connectivity index (χ2v) is 4.08. The molecule has 0 atom stereocenters. The molecule has 0 aromatic carbocycles. The van der Waals surface area contributed by atoms with E-state index in [-0.39, 0.29) is 16.4 Å². The third-order valence-corrected chi connectivity index (χ3v) is 3.00. The molecule has 1 aromatic rings. The Kier molecular flexibility index (Phi) is 3.93. The molecule has 0 spiro atoms. The van der Waals surface area contributed by atoms with Gasteiger partial charge in [-0.05, 0) is 7.05 Å². The largest absolute Gasteiger partial charge is 0.476 e. The van der Waals surface area contributed by atoms with E-state index in [1.165, 1.54) is 6.92 Å². The molecule has 0 bridgehead atoms. The van der Waals surface area contributed by atoms with Crippen LogP contribution in [0.4, 0.5) is 0 Å². The molecule has 6 heteroatoms. The van der Waals surface area contributed by atoms with Crippen molar-refractivity contribution in [3.05, 3.63) is 15.6 Å². The van der Waals surface area contributed by atoms with Crippen molar-refractivity contribution < 1.29 is 14.7 Å². The molecule has 0 fully saturated rings. The van der Waals surface area contributed by atoms with Gasteiger partial charge in [0.05, 0.1) is 5.01 Å². The SMILES string of the molecule is CNCCc1nc(C(=O)O)c(C(C)=O)s1. The molecule has 0 saturated heterocycles. The molecule has 82 valence electrons. The predicted octanol–water partition coefficient (Wildman–Crippen LogP) is 0.806. The van der Waals surface area contributed by atoms with E-state index in [0.717, 1.165) is 11.3 Å². The first-order chi connectivity index (χ1) is 7.06. The Bertz CT molecular complexity index is 355. The highest BCUT2D eigenvalue weighted by Crippen LogP contribution is 2.19. The smallest absolute Gasteiger partial charge is 0.356 e. The van der Waals surface area contributed by atoms with Gasteiger partial charge in [-0.3, -0.25) is 4.79 Å². The van der Waals surface area contributed by atoms with Crippen LogP contribution in [0.15, 0.2) is 0 Å². The van der Waals surface area contributed by atoms with Gasteiger partial charge < -0.3 is 10.4 Å². The number of nitrogens with one attached hydrogen (secondary N) is 1. The van der Waals surface area contributed by atoms with Gasteiger partial charge in [0.25, 0.3) is 0 Å². The van der Waals surface area contributed by atoms with Gasteiger partial charge >= 0.3 is 5.97 Å². The first-order valence-electron chi connectivity index (χ1n) is 4.44. The van der Waals surface area contributed by atoms with Crippen LogP contribution in [-0.4, -0.2) is 35.4 Å². The van der Waals surface area contributed by atoms with Gasteiger partial charge in [-0.15, -0.1) is 11.3 Å². The lowest BCUT2D eigenvalue weighted by Crippen LogP contribution is -2.10. The lowest BCUT2D eigenvalue weighted by molar-refractivity contribution is 0.0687. The van der Waals surface area contributed by atoms with Gasteiger partial charge in [-0.2, -0.15) is 0 Å². The molecule has 0 radical (unpaired) electrons. The fourth-order valence-electron chi connectivity index (χ4n) is 1.09. The maximum Gasteiger partial charge on any atom is 0.356 e. The minimum atomic E-state index is -1.15. The summed E-state index contributed by atoms with van der Waals surface area (Å²) in [5, 5.41) is 12.4. The summed E-state index contributed by atoms with van der Waals surface area (Å²) >= 11 is 1.15. The van der Waals surface area contributed by atoms with Crippen molar-refractivity contribution in [1.29, 1.82) is 0 Å². The average molecular weight is 228 g/mol. The lowest BCUT2D eigenvalue weighted by Gasteiger charge is -1.92. The van der Waals surface area contributed by atoms with Crippen molar-refractivity contribution in [3.8, 4) is 0 Å². The fraction of sp³-hybridized carbons (Fsp3) is 0.444. The number of hydrogen-bond acceptors (Lipinski definition) is 5. The normalized spacial score (nSPS) is 10.3. The van der Waals surface area contributed by atoms with Gasteiger partial charge in [-0.25, -0.2) is 9.78 Å². The molecular formula is C9H12N2O3S. The van der Waals surface area contributed by atoms with Crippen LogP contribution in [0.3, 0.4) is 0 Å². The molecule has 0 unspecified atom stereocenters. The number of thiazole rings is 1. The molecular weight excluding hydrogens is 216 g/mol. The quantitative estimate of drug-likeness (QED) is 0.729. The number of likely N-dealkylation sites (N-methyl/N-ethyl adjacent to an activating group) is 1. The molecule has 5 nitrogen and oxygen atoms in total. The van der Waals surface area contributed by atoms with Gasteiger partial charge in [0, 0.05) is 19.9 Å². The Balaban J connectivity index is 2.98. The maximum absolute atomic E-state index is 11.1. The van der Waals surface area contributed by atoms with Crippen LogP contribution in [0.5, 0.6) is 0 Å². The zero-order valence-electron chi connectivity index (χ0n) is 8.53. The zero-order valence-corrected chi connectivity index (χ0v) is 9.35. The highest BCUT2D eigenvalue weighted by molar-refractivity contribution is 7.14. The Morgan fingerprint density at radius 1 is 1.53 bits per heavy atom. The summed E-state index contributed by atoms with van der Waals surface area (Å²) < 4.78 is 0. The molecule has 2 N–H and O–H groups in total. The Hall–Kier alpha value is -1.27. The van der Waals surface area contributed by atoms with Crippen molar-refractivity contribution in [3.63, 3.8) is 0 Å². The van der Waals surface area contributed by atoms with E-state index < -0.39 is 5.97 Å². The predicted molar refractivity (Wildman–Crippen MR) is 56.7 cm³/mol. The number of nitrogens with zero attached hydrogens (tertiary/aromatic N) is 1. The van der Waals surface area contributed by atoms with Crippen LogP contribution in [0.2, 0.25) is 0 Å². The Morgan fingerprint density at radius 3 is 2.60 bits per heavy atom.